The number of hydrogen-bond acceptors (Lipinski definition) is 7. The predicted octanol–water partition coefficient (Wildman–Crippen LogP) is -0.796. The molecule has 38 heavy (non-hydrogen) atoms. The van der Waals surface area contributed by atoms with Gasteiger partial charge in [0, 0.05) is 20.0 Å². The molecule has 1 aliphatic rings. The van der Waals surface area contributed by atoms with Crippen LogP contribution in [-0.2, 0) is 19.2 Å². The summed E-state index contributed by atoms with van der Waals surface area (Å²) < 4.78 is 0. The molecular weight excluding hydrogens is 490 g/mol. The molecule has 0 aromatic heterocycles. The molecule has 1 saturated heterocycles. The average molecular weight is 536 g/mol. The van der Waals surface area contributed by atoms with E-state index in [0.29, 0.717) is 58.0 Å². The number of nitriles is 1. The van der Waals surface area contributed by atoms with E-state index < -0.39 is 36.0 Å². The number of carbonyl (C=O) groups is 4. The maximum Gasteiger partial charge on any atom is 0.246 e. The summed E-state index contributed by atoms with van der Waals surface area (Å²) in [6, 6.07) is -1.04. The molecule has 0 aromatic carbocycles. The van der Waals surface area contributed by atoms with Gasteiger partial charge < -0.3 is 38.1 Å². The minimum absolute atomic E-state index is 0.0556. The molecule has 13 nitrogen and oxygen atoms in total. The molecule has 1 rings (SSSR count). The van der Waals surface area contributed by atoms with Crippen LogP contribution >= 0.6 is 0 Å². The van der Waals surface area contributed by atoms with Gasteiger partial charge in [-0.1, -0.05) is 13.8 Å². The van der Waals surface area contributed by atoms with Crippen molar-refractivity contribution in [3.05, 3.63) is 0 Å². The van der Waals surface area contributed by atoms with Crippen LogP contribution in [0, 0.1) is 17.2 Å². The summed E-state index contributed by atoms with van der Waals surface area (Å²) >= 11 is 0. The van der Waals surface area contributed by atoms with Crippen LogP contribution in [0.5, 0.6) is 0 Å². The number of carbonyl (C=O) groups excluding carboxylic acids is 4. The van der Waals surface area contributed by atoms with Gasteiger partial charge in [-0.05, 0) is 63.8 Å². The van der Waals surface area contributed by atoms with Gasteiger partial charge in [-0.15, -0.1) is 0 Å². The SMILES string of the molecule is CC(=O)N[C@@H](CCCCN)C(=O)N[C@@H](CC(C)C)C(=O)N[C@@H](CCCN=C(N)N)C(=O)N1CCCC1C#N. The fourth-order valence-electron chi connectivity index (χ4n) is 4.38. The summed E-state index contributed by atoms with van der Waals surface area (Å²) in [5.41, 5.74) is 16.3. The Hall–Kier alpha value is -3.40. The van der Waals surface area contributed by atoms with Crippen molar-refractivity contribution in [2.24, 2.45) is 28.1 Å². The molecule has 4 amide bonds. The summed E-state index contributed by atoms with van der Waals surface area (Å²) in [4.78, 5) is 56.9. The van der Waals surface area contributed by atoms with Crippen molar-refractivity contribution in [2.45, 2.75) is 96.3 Å². The van der Waals surface area contributed by atoms with Crippen LogP contribution in [0.15, 0.2) is 4.99 Å². The van der Waals surface area contributed by atoms with Crippen LogP contribution in [0.2, 0.25) is 0 Å². The number of nitrogens with two attached hydrogens (primary N) is 3. The van der Waals surface area contributed by atoms with Crippen LogP contribution in [0.4, 0.5) is 0 Å². The number of guanidine groups is 1. The van der Waals surface area contributed by atoms with E-state index in [4.69, 9.17) is 17.2 Å². The zero-order valence-corrected chi connectivity index (χ0v) is 22.9. The zero-order chi connectivity index (χ0) is 28.7. The summed E-state index contributed by atoms with van der Waals surface area (Å²) in [6.07, 6.45) is 4.01. The lowest BCUT2D eigenvalue weighted by molar-refractivity contribution is -0.138. The fourth-order valence-corrected chi connectivity index (χ4v) is 4.38. The molecule has 9 N–H and O–H groups in total. The van der Waals surface area contributed by atoms with Crippen molar-refractivity contribution in [2.75, 3.05) is 19.6 Å². The summed E-state index contributed by atoms with van der Waals surface area (Å²) in [5, 5.41) is 17.6. The smallest absolute Gasteiger partial charge is 0.246 e. The second kappa shape index (κ2) is 17.2. The maximum atomic E-state index is 13.4. The third-order valence-electron chi connectivity index (χ3n) is 6.23. The van der Waals surface area contributed by atoms with Gasteiger partial charge in [0.15, 0.2) is 5.96 Å². The van der Waals surface area contributed by atoms with Crippen LogP contribution in [0.25, 0.3) is 0 Å². The van der Waals surface area contributed by atoms with Crippen LogP contribution in [0.3, 0.4) is 0 Å². The van der Waals surface area contributed by atoms with E-state index in [1.165, 1.54) is 11.8 Å². The number of nitrogens with one attached hydrogen (secondary N) is 3. The molecular formula is C25H45N9O4. The molecule has 0 saturated carbocycles. The molecule has 0 radical (unpaired) electrons. The van der Waals surface area contributed by atoms with Gasteiger partial charge in [0.1, 0.15) is 24.2 Å². The highest BCUT2D eigenvalue weighted by Gasteiger charge is 2.35. The molecule has 0 aliphatic carbocycles. The van der Waals surface area contributed by atoms with Crippen LogP contribution in [0.1, 0.15) is 72.1 Å². The highest BCUT2D eigenvalue weighted by molar-refractivity contribution is 5.94. The second-order valence-corrected chi connectivity index (χ2v) is 10.1. The standard InChI is InChI=1S/C25H45N9O4/c1-16(2)14-21(33-22(36)19(31-17(3)35)9-4-5-11-26)23(37)32-20(10-6-12-30-25(28)29)24(38)34-13-7-8-18(34)15-27/h16,18-21H,4-14,26H2,1-3H3,(H,31,35)(H,32,37)(H,33,36)(H4,28,29,30)/t18?,19-,20-,21-/m0/s1. The Labute approximate surface area is 225 Å². The highest BCUT2D eigenvalue weighted by atomic mass is 16.2. The van der Waals surface area contributed by atoms with Crippen molar-refractivity contribution >= 4 is 29.6 Å². The number of nitrogens with zero attached hydrogens (tertiary/aromatic N) is 3. The first-order valence-electron chi connectivity index (χ1n) is 13.3. The summed E-state index contributed by atoms with van der Waals surface area (Å²) in [6.45, 7) is 6.33. The zero-order valence-electron chi connectivity index (χ0n) is 22.9. The van der Waals surface area contributed by atoms with Gasteiger partial charge in [-0.25, -0.2) is 0 Å². The number of likely N-dealkylation sites (tertiary alicyclic amines) is 1. The fraction of sp³-hybridized carbons (Fsp3) is 0.760. The minimum atomic E-state index is -0.924. The monoisotopic (exact) mass is 535 g/mol. The van der Waals surface area contributed by atoms with E-state index >= 15 is 0 Å². The van der Waals surface area contributed by atoms with Gasteiger partial charge in [-0.3, -0.25) is 24.2 Å². The average Bonchev–Trinajstić information content (AvgIpc) is 3.32. The van der Waals surface area contributed by atoms with Crippen molar-refractivity contribution < 1.29 is 19.2 Å². The first-order chi connectivity index (χ1) is 18.0. The summed E-state index contributed by atoms with van der Waals surface area (Å²) in [5.74, 6) is -1.70. The lowest BCUT2D eigenvalue weighted by atomic mass is 10.0. The Kier molecular flexibility index (Phi) is 14.7. The number of hydrogen-bond donors (Lipinski definition) is 6. The molecule has 214 valence electrons. The van der Waals surface area contributed by atoms with Crippen molar-refractivity contribution in [1.82, 2.24) is 20.9 Å². The number of amides is 4. The first-order valence-corrected chi connectivity index (χ1v) is 13.3. The van der Waals surface area contributed by atoms with E-state index in [9.17, 15) is 24.4 Å². The minimum Gasteiger partial charge on any atom is -0.370 e. The van der Waals surface area contributed by atoms with E-state index in [-0.39, 0.29) is 36.7 Å². The van der Waals surface area contributed by atoms with Gasteiger partial charge in [-0.2, -0.15) is 5.26 Å². The van der Waals surface area contributed by atoms with Crippen molar-refractivity contribution in [3.8, 4) is 6.07 Å². The first kappa shape index (κ1) is 32.6. The Balaban J connectivity index is 3.06. The highest BCUT2D eigenvalue weighted by Crippen LogP contribution is 2.19. The van der Waals surface area contributed by atoms with E-state index in [1.807, 2.05) is 13.8 Å². The normalized spacial score (nSPS) is 17.2. The number of unbranched alkanes of at least 4 members (excludes halogenated alkanes) is 1. The molecule has 0 bridgehead atoms. The number of rotatable bonds is 16. The Morgan fingerprint density at radius 1 is 1.00 bits per heavy atom. The molecule has 13 heteroatoms. The molecule has 0 aromatic rings. The Bertz CT molecular complexity index is 867. The van der Waals surface area contributed by atoms with Crippen molar-refractivity contribution in [3.63, 3.8) is 0 Å². The van der Waals surface area contributed by atoms with Gasteiger partial charge in [0.05, 0.1) is 6.07 Å². The largest absolute Gasteiger partial charge is 0.370 e. The van der Waals surface area contributed by atoms with E-state index in [1.54, 1.807) is 0 Å². The van der Waals surface area contributed by atoms with Crippen LogP contribution < -0.4 is 33.2 Å². The third kappa shape index (κ3) is 11.8. The van der Waals surface area contributed by atoms with E-state index in [2.05, 4.69) is 27.0 Å². The number of aliphatic imine (C=N–C) groups is 1. The molecule has 0 spiro atoms. The molecule has 1 unspecified atom stereocenters. The topological polar surface area (TPSA) is 222 Å². The molecule has 1 aliphatic heterocycles. The third-order valence-corrected chi connectivity index (χ3v) is 6.23. The molecule has 4 atom stereocenters. The van der Waals surface area contributed by atoms with Gasteiger partial charge in [0.2, 0.25) is 23.6 Å². The van der Waals surface area contributed by atoms with Crippen LogP contribution in [-0.4, -0.2) is 78.3 Å². The lowest BCUT2D eigenvalue weighted by Gasteiger charge is -2.29. The lowest BCUT2D eigenvalue weighted by Crippen LogP contribution is -2.57. The summed E-state index contributed by atoms with van der Waals surface area (Å²) in [7, 11) is 0. The Morgan fingerprint density at radius 2 is 1.63 bits per heavy atom. The van der Waals surface area contributed by atoms with E-state index in [0.717, 1.165) is 0 Å². The quantitative estimate of drug-likeness (QED) is 0.0832. The molecule has 1 fully saturated rings. The Morgan fingerprint density at radius 3 is 2.21 bits per heavy atom. The van der Waals surface area contributed by atoms with Crippen molar-refractivity contribution in [1.29, 1.82) is 5.26 Å². The second-order valence-electron chi connectivity index (χ2n) is 10.1. The van der Waals surface area contributed by atoms with Gasteiger partial charge >= 0.3 is 0 Å². The predicted molar refractivity (Wildman–Crippen MR) is 144 cm³/mol. The molecule has 1 heterocycles. The maximum absolute atomic E-state index is 13.4. The van der Waals surface area contributed by atoms with Gasteiger partial charge in [0.25, 0.3) is 0 Å².